The second kappa shape index (κ2) is 6.10. The highest BCUT2D eigenvalue weighted by atomic mass is 16.5. The number of hydrogen-bond donors (Lipinski definition) is 1. The molecule has 0 saturated heterocycles. The van der Waals surface area contributed by atoms with E-state index < -0.39 is 0 Å². The molecule has 2 aliphatic carbocycles. The van der Waals surface area contributed by atoms with Crippen LogP contribution in [0, 0.1) is 5.41 Å². The molecule has 0 aliphatic heterocycles. The molecule has 24 heavy (non-hydrogen) atoms. The summed E-state index contributed by atoms with van der Waals surface area (Å²) in [6.45, 7) is 2.80. The third-order valence-electron chi connectivity index (χ3n) is 5.77. The van der Waals surface area contributed by atoms with Gasteiger partial charge < -0.3 is 14.6 Å². The van der Waals surface area contributed by atoms with Gasteiger partial charge in [0.05, 0.1) is 6.10 Å². The molecule has 1 amide bonds. The summed E-state index contributed by atoms with van der Waals surface area (Å²) in [6, 6.07) is 12.0. The lowest BCUT2D eigenvalue weighted by Crippen LogP contribution is -2.67. The van der Waals surface area contributed by atoms with E-state index in [1.165, 1.54) is 19.3 Å². The van der Waals surface area contributed by atoms with Crippen LogP contribution in [0.5, 0.6) is 0 Å². The maximum atomic E-state index is 12.6. The highest BCUT2D eigenvalue weighted by molar-refractivity contribution is 5.94. The van der Waals surface area contributed by atoms with Gasteiger partial charge >= 0.3 is 0 Å². The predicted octanol–water partition coefficient (Wildman–Crippen LogP) is 3.55. The molecule has 2 fully saturated rings. The molecule has 2 saturated carbocycles. The standard InChI is InChI=1S/C20H24N2O2/c1-2-24-18-14-17(20(18)10-5-11-20)21-19(23)15-6-8-16(9-7-15)22-12-3-4-13-22/h3-4,6-9,12-13,17-18H,2,5,10-11,14H2,1H3,(H,21,23)/t17-,18+/m0/s1. The van der Waals surface area contributed by atoms with Crippen LogP contribution in [-0.2, 0) is 4.74 Å². The second-order valence-corrected chi connectivity index (χ2v) is 6.93. The fraction of sp³-hybridized carbons (Fsp3) is 0.450. The van der Waals surface area contributed by atoms with Gasteiger partial charge in [-0.2, -0.15) is 0 Å². The van der Waals surface area contributed by atoms with E-state index in [1.807, 2.05) is 60.3 Å². The van der Waals surface area contributed by atoms with Gasteiger partial charge in [0.15, 0.2) is 0 Å². The smallest absolute Gasteiger partial charge is 0.251 e. The molecule has 4 rings (SSSR count). The summed E-state index contributed by atoms with van der Waals surface area (Å²) in [4.78, 5) is 12.6. The Morgan fingerprint density at radius 1 is 1.25 bits per heavy atom. The van der Waals surface area contributed by atoms with Gasteiger partial charge in [-0.3, -0.25) is 4.79 Å². The molecular formula is C20H24N2O2. The van der Waals surface area contributed by atoms with Crippen LogP contribution in [0.4, 0.5) is 0 Å². The number of nitrogens with zero attached hydrogens (tertiary/aromatic N) is 1. The Hall–Kier alpha value is -2.07. The lowest BCUT2D eigenvalue weighted by molar-refractivity contribution is -0.169. The van der Waals surface area contributed by atoms with Gasteiger partial charge in [0.2, 0.25) is 0 Å². The van der Waals surface area contributed by atoms with Gasteiger partial charge in [-0.1, -0.05) is 6.42 Å². The SMILES string of the molecule is CCO[C@@H]1C[C@H](NC(=O)c2ccc(-n3cccc3)cc2)C12CCC2. The van der Waals surface area contributed by atoms with Gasteiger partial charge in [-0.15, -0.1) is 0 Å². The monoisotopic (exact) mass is 324 g/mol. The number of ether oxygens (including phenoxy) is 1. The predicted molar refractivity (Wildman–Crippen MR) is 93.3 cm³/mol. The van der Waals surface area contributed by atoms with Crippen molar-refractivity contribution in [3.8, 4) is 5.69 Å². The highest BCUT2D eigenvalue weighted by Gasteiger charge is 2.59. The summed E-state index contributed by atoms with van der Waals surface area (Å²) < 4.78 is 7.89. The van der Waals surface area contributed by atoms with Crippen molar-refractivity contribution in [1.82, 2.24) is 9.88 Å². The Kier molecular flexibility index (Phi) is 3.93. The molecule has 4 nitrogen and oxygen atoms in total. The first kappa shape index (κ1) is 15.5. The summed E-state index contributed by atoms with van der Waals surface area (Å²) in [5.74, 6) is 0.0280. The zero-order valence-corrected chi connectivity index (χ0v) is 14.1. The molecule has 0 unspecified atom stereocenters. The van der Waals surface area contributed by atoms with Crippen molar-refractivity contribution in [2.75, 3.05) is 6.61 Å². The summed E-state index contributed by atoms with van der Waals surface area (Å²) in [7, 11) is 0. The minimum atomic E-state index is 0.0280. The van der Waals surface area contributed by atoms with E-state index in [2.05, 4.69) is 5.32 Å². The molecule has 0 radical (unpaired) electrons. The number of hydrogen-bond acceptors (Lipinski definition) is 2. The van der Waals surface area contributed by atoms with Crippen molar-refractivity contribution < 1.29 is 9.53 Å². The molecule has 2 aliphatic rings. The molecule has 1 spiro atoms. The van der Waals surface area contributed by atoms with E-state index in [1.54, 1.807) is 0 Å². The van der Waals surface area contributed by atoms with Gasteiger partial charge in [0.25, 0.3) is 5.91 Å². The summed E-state index contributed by atoms with van der Waals surface area (Å²) in [6.07, 6.45) is 8.88. The molecule has 1 aromatic heterocycles. The number of aromatic nitrogens is 1. The average molecular weight is 324 g/mol. The van der Waals surface area contributed by atoms with Crippen LogP contribution >= 0.6 is 0 Å². The Labute approximate surface area is 142 Å². The van der Waals surface area contributed by atoms with Crippen molar-refractivity contribution >= 4 is 5.91 Å². The Morgan fingerprint density at radius 2 is 1.96 bits per heavy atom. The number of rotatable bonds is 5. The van der Waals surface area contributed by atoms with Crippen LogP contribution in [-0.4, -0.2) is 29.2 Å². The molecular weight excluding hydrogens is 300 g/mol. The third kappa shape index (κ3) is 2.46. The zero-order valence-electron chi connectivity index (χ0n) is 14.1. The molecule has 0 bridgehead atoms. The molecule has 1 aromatic carbocycles. The lowest BCUT2D eigenvalue weighted by Gasteiger charge is -2.61. The molecule has 1 heterocycles. The number of benzene rings is 1. The number of carbonyl (C=O) groups excluding carboxylic acids is 1. The summed E-state index contributed by atoms with van der Waals surface area (Å²) >= 11 is 0. The van der Waals surface area contributed by atoms with Gasteiger partial charge in [0.1, 0.15) is 0 Å². The fourth-order valence-corrected chi connectivity index (χ4v) is 4.17. The van der Waals surface area contributed by atoms with Crippen molar-refractivity contribution in [2.45, 2.75) is 44.8 Å². The van der Waals surface area contributed by atoms with Crippen molar-refractivity contribution in [1.29, 1.82) is 0 Å². The average Bonchev–Trinajstić information content (AvgIpc) is 3.06. The van der Waals surface area contributed by atoms with Gasteiger partial charge in [0, 0.05) is 41.7 Å². The Bertz CT molecular complexity index is 702. The molecule has 2 aromatic rings. The highest BCUT2D eigenvalue weighted by Crippen LogP contribution is 2.57. The van der Waals surface area contributed by atoms with Crippen LogP contribution in [0.15, 0.2) is 48.8 Å². The minimum Gasteiger partial charge on any atom is -0.378 e. The second-order valence-electron chi connectivity index (χ2n) is 6.93. The fourth-order valence-electron chi connectivity index (χ4n) is 4.17. The first-order valence-corrected chi connectivity index (χ1v) is 8.89. The first-order chi connectivity index (χ1) is 11.7. The van der Waals surface area contributed by atoms with Crippen LogP contribution in [0.1, 0.15) is 43.0 Å². The maximum Gasteiger partial charge on any atom is 0.251 e. The first-order valence-electron chi connectivity index (χ1n) is 8.89. The van der Waals surface area contributed by atoms with Crippen LogP contribution in [0.2, 0.25) is 0 Å². The van der Waals surface area contributed by atoms with E-state index in [9.17, 15) is 4.79 Å². The van der Waals surface area contributed by atoms with Crippen molar-refractivity contribution in [3.05, 3.63) is 54.4 Å². The lowest BCUT2D eigenvalue weighted by atomic mass is 9.51. The van der Waals surface area contributed by atoms with Gasteiger partial charge in [-0.05, 0) is 62.6 Å². The third-order valence-corrected chi connectivity index (χ3v) is 5.77. The van der Waals surface area contributed by atoms with Crippen LogP contribution in [0.25, 0.3) is 5.69 Å². The number of carbonyl (C=O) groups is 1. The quantitative estimate of drug-likeness (QED) is 0.914. The molecule has 126 valence electrons. The molecule has 4 heteroatoms. The van der Waals surface area contributed by atoms with E-state index in [0.717, 1.165) is 24.3 Å². The van der Waals surface area contributed by atoms with Crippen LogP contribution in [0.3, 0.4) is 0 Å². The summed E-state index contributed by atoms with van der Waals surface area (Å²) in [5.41, 5.74) is 1.99. The Morgan fingerprint density at radius 3 is 2.54 bits per heavy atom. The summed E-state index contributed by atoms with van der Waals surface area (Å²) in [5, 5.41) is 3.24. The van der Waals surface area contributed by atoms with E-state index in [-0.39, 0.29) is 17.4 Å². The molecule has 1 N–H and O–H groups in total. The van der Waals surface area contributed by atoms with E-state index >= 15 is 0 Å². The number of nitrogens with one attached hydrogen (secondary N) is 1. The van der Waals surface area contributed by atoms with Crippen LogP contribution < -0.4 is 5.32 Å². The molecule has 2 atom stereocenters. The van der Waals surface area contributed by atoms with Gasteiger partial charge in [-0.25, -0.2) is 0 Å². The Balaban J connectivity index is 1.42. The van der Waals surface area contributed by atoms with E-state index in [4.69, 9.17) is 4.74 Å². The normalized spacial score (nSPS) is 24.2. The van der Waals surface area contributed by atoms with E-state index in [0.29, 0.717) is 6.10 Å². The largest absolute Gasteiger partial charge is 0.378 e. The minimum absolute atomic E-state index is 0.0280. The van der Waals surface area contributed by atoms with Crippen molar-refractivity contribution in [2.24, 2.45) is 5.41 Å². The topological polar surface area (TPSA) is 43.3 Å². The number of amides is 1. The van der Waals surface area contributed by atoms with Crippen molar-refractivity contribution in [3.63, 3.8) is 0 Å². The zero-order chi connectivity index (χ0) is 16.6. The maximum absolute atomic E-state index is 12.6.